The first-order valence-electron chi connectivity index (χ1n) is 7.08. The summed E-state index contributed by atoms with van der Waals surface area (Å²) in [6.45, 7) is 5.75. The Hall–Kier alpha value is -1.88. The average Bonchev–Trinajstić information content (AvgIpc) is 3.01. The standard InChI is InChI=1S/C16H22N4S/c1-12(14-7-8-21-11-14)9-18-16(17-3)19-10-15-6-4-5-13(2)20-15/h4-8,11-12H,9-10H2,1-3H3,(H2,17,18,19). The molecule has 2 aromatic rings. The predicted molar refractivity (Wildman–Crippen MR) is 89.9 cm³/mol. The van der Waals surface area contributed by atoms with Crippen LogP contribution in [0.4, 0.5) is 0 Å². The van der Waals surface area contributed by atoms with Gasteiger partial charge in [0.05, 0.1) is 12.2 Å². The lowest BCUT2D eigenvalue weighted by Crippen LogP contribution is -2.38. The van der Waals surface area contributed by atoms with Crippen molar-refractivity contribution >= 4 is 17.3 Å². The van der Waals surface area contributed by atoms with E-state index in [0.29, 0.717) is 12.5 Å². The molecular weight excluding hydrogens is 280 g/mol. The number of hydrogen-bond donors (Lipinski definition) is 2. The molecule has 1 unspecified atom stereocenters. The summed E-state index contributed by atoms with van der Waals surface area (Å²) < 4.78 is 0. The van der Waals surface area contributed by atoms with Gasteiger partial charge >= 0.3 is 0 Å². The first-order valence-corrected chi connectivity index (χ1v) is 8.02. The molecule has 112 valence electrons. The van der Waals surface area contributed by atoms with E-state index in [1.807, 2.05) is 25.1 Å². The second-order valence-corrected chi connectivity index (χ2v) is 5.81. The molecule has 2 N–H and O–H groups in total. The first kappa shape index (κ1) is 15.5. The van der Waals surface area contributed by atoms with Gasteiger partial charge in [-0.05, 0) is 47.4 Å². The van der Waals surface area contributed by atoms with E-state index in [9.17, 15) is 0 Å². The smallest absolute Gasteiger partial charge is 0.191 e. The summed E-state index contributed by atoms with van der Waals surface area (Å²) in [7, 11) is 1.79. The summed E-state index contributed by atoms with van der Waals surface area (Å²) in [5, 5.41) is 11.0. The molecule has 0 radical (unpaired) electrons. The molecule has 0 saturated heterocycles. The van der Waals surface area contributed by atoms with Crippen LogP contribution in [0.2, 0.25) is 0 Å². The fraction of sp³-hybridized carbons (Fsp3) is 0.375. The molecule has 0 aromatic carbocycles. The molecule has 1 atom stereocenters. The van der Waals surface area contributed by atoms with E-state index in [-0.39, 0.29) is 0 Å². The van der Waals surface area contributed by atoms with Gasteiger partial charge in [-0.3, -0.25) is 9.98 Å². The highest BCUT2D eigenvalue weighted by atomic mass is 32.1. The van der Waals surface area contributed by atoms with Gasteiger partial charge in [0, 0.05) is 19.3 Å². The topological polar surface area (TPSA) is 49.3 Å². The van der Waals surface area contributed by atoms with E-state index >= 15 is 0 Å². The number of pyridine rings is 1. The maximum Gasteiger partial charge on any atom is 0.191 e. The zero-order chi connectivity index (χ0) is 15.1. The number of rotatable bonds is 5. The summed E-state index contributed by atoms with van der Waals surface area (Å²) in [5.41, 5.74) is 3.41. The van der Waals surface area contributed by atoms with E-state index < -0.39 is 0 Å². The Bertz CT molecular complexity index is 578. The van der Waals surface area contributed by atoms with Gasteiger partial charge in [0.2, 0.25) is 0 Å². The van der Waals surface area contributed by atoms with Gasteiger partial charge < -0.3 is 10.6 Å². The minimum absolute atomic E-state index is 0.465. The highest BCUT2D eigenvalue weighted by Gasteiger charge is 2.07. The van der Waals surface area contributed by atoms with E-state index in [4.69, 9.17) is 0 Å². The predicted octanol–water partition coefficient (Wildman–Crippen LogP) is 2.92. The zero-order valence-electron chi connectivity index (χ0n) is 12.8. The van der Waals surface area contributed by atoms with Gasteiger partial charge in [-0.2, -0.15) is 11.3 Å². The van der Waals surface area contributed by atoms with E-state index in [1.165, 1.54) is 5.56 Å². The van der Waals surface area contributed by atoms with Crippen LogP contribution in [0.5, 0.6) is 0 Å². The van der Waals surface area contributed by atoms with Crippen LogP contribution in [-0.2, 0) is 6.54 Å². The molecule has 21 heavy (non-hydrogen) atoms. The fourth-order valence-corrected chi connectivity index (χ4v) is 2.80. The summed E-state index contributed by atoms with van der Waals surface area (Å²) in [5.74, 6) is 1.27. The third-order valence-corrected chi connectivity index (χ3v) is 4.00. The number of aryl methyl sites for hydroxylation is 1. The Morgan fingerprint density at radius 3 is 2.86 bits per heavy atom. The molecule has 4 nitrogen and oxygen atoms in total. The molecule has 0 fully saturated rings. The van der Waals surface area contributed by atoms with Crippen LogP contribution in [0, 0.1) is 6.92 Å². The Morgan fingerprint density at radius 1 is 1.33 bits per heavy atom. The van der Waals surface area contributed by atoms with Crippen molar-refractivity contribution in [2.75, 3.05) is 13.6 Å². The first-order chi connectivity index (χ1) is 10.2. The van der Waals surface area contributed by atoms with Crippen molar-refractivity contribution in [1.82, 2.24) is 15.6 Å². The second kappa shape index (κ2) is 7.78. The van der Waals surface area contributed by atoms with Crippen molar-refractivity contribution in [2.24, 2.45) is 4.99 Å². The average molecular weight is 302 g/mol. The summed E-state index contributed by atoms with van der Waals surface area (Å²) >= 11 is 1.73. The molecular formula is C16H22N4S. The lowest BCUT2D eigenvalue weighted by molar-refractivity contribution is 0.698. The van der Waals surface area contributed by atoms with Crippen LogP contribution >= 0.6 is 11.3 Å². The Balaban J connectivity index is 1.81. The third kappa shape index (κ3) is 4.86. The highest BCUT2D eigenvalue weighted by molar-refractivity contribution is 7.07. The molecule has 5 heteroatoms. The normalized spacial score (nSPS) is 13.0. The molecule has 2 rings (SSSR count). The molecule has 2 aromatic heterocycles. The van der Waals surface area contributed by atoms with Crippen molar-refractivity contribution in [3.8, 4) is 0 Å². The van der Waals surface area contributed by atoms with E-state index in [0.717, 1.165) is 23.9 Å². The van der Waals surface area contributed by atoms with Crippen LogP contribution in [0.3, 0.4) is 0 Å². The molecule has 0 aliphatic rings. The number of guanidine groups is 1. The van der Waals surface area contributed by atoms with E-state index in [2.05, 4.69) is 44.4 Å². The zero-order valence-corrected chi connectivity index (χ0v) is 13.6. The van der Waals surface area contributed by atoms with Crippen molar-refractivity contribution < 1.29 is 0 Å². The van der Waals surface area contributed by atoms with Crippen LogP contribution in [-0.4, -0.2) is 24.5 Å². The largest absolute Gasteiger partial charge is 0.356 e. The van der Waals surface area contributed by atoms with Crippen LogP contribution in [0.25, 0.3) is 0 Å². The van der Waals surface area contributed by atoms with Crippen LogP contribution in [0.15, 0.2) is 40.0 Å². The van der Waals surface area contributed by atoms with Crippen LogP contribution < -0.4 is 10.6 Å². The summed E-state index contributed by atoms with van der Waals surface area (Å²) in [6, 6.07) is 8.21. The van der Waals surface area contributed by atoms with Crippen molar-refractivity contribution in [3.63, 3.8) is 0 Å². The lowest BCUT2D eigenvalue weighted by Gasteiger charge is -2.15. The molecule has 0 amide bonds. The Kier molecular flexibility index (Phi) is 5.75. The molecule has 0 aliphatic heterocycles. The number of thiophene rings is 1. The third-order valence-electron chi connectivity index (χ3n) is 3.29. The molecule has 0 bridgehead atoms. The van der Waals surface area contributed by atoms with Crippen molar-refractivity contribution in [1.29, 1.82) is 0 Å². The van der Waals surface area contributed by atoms with Gasteiger partial charge in [-0.25, -0.2) is 0 Å². The lowest BCUT2D eigenvalue weighted by atomic mass is 10.1. The molecule has 0 aliphatic carbocycles. The van der Waals surface area contributed by atoms with Gasteiger partial charge in [0.25, 0.3) is 0 Å². The van der Waals surface area contributed by atoms with Crippen molar-refractivity contribution in [3.05, 3.63) is 52.0 Å². The summed E-state index contributed by atoms with van der Waals surface area (Å²) in [4.78, 5) is 8.72. The quantitative estimate of drug-likeness (QED) is 0.659. The molecule has 0 spiro atoms. The summed E-state index contributed by atoms with van der Waals surface area (Å²) in [6.07, 6.45) is 0. The minimum atomic E-state index is 0.465. The second-order valence-electron chi connectivity index (χ2n) is 5.03. The minimum Gasteiger partial charge on any atom is -0.356 e. The monoisotopic (exact) mass is 302 g/mol. The fourth-order valence-electron chi connectivity index (χ4n) is 2.02. The molecule has 0 saturated carbocycles. The Labute approximate surface area is 130 Å². The highest BCUT2D eigenvalue weighted by Crippen LogP contribution is 2.16. The number of aromatic nitrogens is 1. The number of hydrogen-bond acceptors (Lipinski definition) is 3. The number of nitrogens with one attached hydrogen (secondary N) is 2. The number of aliphatic imine (C=N–C) groups is 1. The van der Waals surface area contributed by atoms with Crippen molar-refractivity contribution in [2.45, 2.75) is 26.3 Å². The Morgan fingerprint density at radius 2 is 2.19 bits per heavy atom. The van der Waals surface area contributed by atoms with Gasteiger partial charge in [0.1, 0.15) is 0 Å². The number of nitrogens with zero attached hydrogens (tertiary/aromatic N) is 2. The maximum atomic E-state index is 4.47. The van der Waals surface area contributed by atoms with E-state index in [1.54, 1.807) is 18.4 Å². The van der Waals surface area contributed by atoms with Crippen LogP contribution in [0.1, 0.15) is 29.8 Å². The van der Waals surface area contributed by atoms with Gasteiger partial charge in [-0.15, -0.1) is 0 Å². The SMILES string of the molecule is CN=C(NCc1cccc(C)n1)NCC(C)c1ccsc1. The van der Waals surface area contributed by atoms with Gasteiger partial charge in [-0.1, -0.05) is 13.0 Å². The molecule has 2 heterocycles. The maximum absolute atomic E-state index is 4.47. The van der Waals surface area contributed by atoms with Gasteiger partial charge in [0.15, 0.2) is 5.96 Å².